The summed E-state index contributed by atoms with van der Waals surface area (Å²) < 4.78 is 14.9. The Hall–Kier alpha value is 0.656. The van der Waals surface area contributed by atoms with Crippen molar-refractivity contribution in [2.24, 2.45) is 0 Å². The van der Waals surface area contributed by atoms with E-state index < -0.39 is 7.60 Å². The Morgan fingerprint density at radius 3 is 1.89 bits per heavy atom. The van der Waals surface area contributed by atoms with Gasteiger partial charge in [0, 0.05) is 23.4 Å². The fraction of sp³-hybridized carbons (Fsp3) is 1.00. The van der Waals surface area contributed by atoms with E-state index in [2.05, 4.69) is 4.52 Å². The Labute approximate surface area is 65.5 Å². The van der Waals surface area contributed by atoms with Crippen molar-refractivity contribution in [3.8, 4) is 0 Å². The van der Waals surface area contributed by atoms with E-state index in [-0.39, 0.29) is 22.9 Å². The molecule has 1 atom stereocenters. The Bertz CT molecular complexity index is 108. The van der Waals surface area contributed by atoms with Crippen LogP contribution in [0, 0.1) is 0 Å². The Balaban J connectivity index is 0. The number of rotatable bonds is 2. The minimum Gasteiger partial charge on any atom is -0.324 e. The van der Waals surface area contributed by atoms with Crippen LogP contribution in [0.15, 0.2) is 0 Å². The summed E-state index contributed by atoms with van der Waals surface area (Å²) in [5.41, 5.74) is 0. The van der Waals surface area contributed by atoms with Crippen LogP contribution in [0.5, 0.6) is 0 Å². The third-order valence-corrected chi connectivity index (χ3v) is 1.22. The summed E-state index contributed by atoms with van der Waals surface area (Å²) in [6.07, 6.45) is -0.171. The van der Waals surface area contributed by atoms with Crippen LogP contribution in [0.25, 0.3) is 0 Å². The van der Waals surface area contributed by atoms with E-state index in [1.54, 1.807) is 13.8 Å². The molecule has 0 aromatic rings. The van der Waals surface area contributed by atoms with E-state index in [1.807, 2.05) is 0 Å². The van der Waals surface area contributed by atoms with E-state index >= 15 is 0 Å². The molecule has 0 aromatic heterocycles. The summed E-state index contributed by atoms with van der Waals surface area (Å²) in [5.74, 6) is 0. The Morgan fingerprint density at radius 1 is 1.56 bits per heavy atom. The fourth-order valence-electron chi connectivity index (χ4n) is 0.391. The van der Waals surface area contributed by atoms with Crippen LogP contribution in [0.4, 0.5) is 0 Å². The van der Waals surface area contributed by atoms with Crippen LogP contribution in [0.2, 0.25) is 0 Å². The molecule has 0 aliphatic rings. The summed E-state index contributed by atoms with van der Waals surface area (Å²) >= 11 is 0. The predicted molar refractivity (Wildman–Crippen MR) is 32.0 cm³/mol. The van der Waals surface area contributed by atoms with Crippen LogP contribution in [0.1, 0.15) is 13.8 Å². The quantitative estimate of drug-likeness (QED) is 0.677. The summed E-state index contributed by atoms with van der Waals surface area (Å²) in [6.45, 7) is 4.60. The zero-order chi connectivity index (χ0) is 6.78. The normalized spacial score (nSPS) is 16.6. The van der Waals surface area contributed by atoms with E-state index in [9.17, 15) is 4.57 Å². The predicted octanol–water partition coefficient (Wildman–Crippen LogP) is 1.22. The topological polar surface area (TPSA) is 46.5 Å². The first-order chi connectivity index (χ1) is 3.42. The molecule has 0 aromatic carbocycles. The van der Waals surface area contributed by atoms with Crippen LogP contribution in [0.3, 0.4) is 0 Å². The van der Waals surface area contributed by atoms with Gasteiger partial charge in [0.1, 0.15) is 0 Å². The van der Waals surface area contributed by atoms with Gasteiger partial charge in [0.15, 0.2) is 0 Å². The molecule has 5 heteroatoms. The van der Waals surface area contributed by atoms with Crippen molar-refractivity contribution >= 4 is 7.60 Å². The van der Waals surface area contributed by atoms with Gasteiger partial charge < -0.3 is 9.42 Å². The number of hydrogen-bond donors (Lipinski definition) is 1. The minimum atomic E-state index is -3.22. The first-order valence-electron chi connectivity index (χ1n) is 2.40. The molecule has 1 unspecified atom stereocenters. The summed E-state index contributed by atoms with van der Waals surface area (Å²) in [7, 11) is -3.22. The van der Waals surface area contributed by atoms with Gasteiger partial charge >= 0.3 is 7.60 Å². The molecule has 3 nitrogen and oxygen atoms in total. The molecular weight excluding hydrogens is 186 g/mol. The summed E-state index contributed by atoms with van der Waals surface area (Å²) in [6, 6.07) is 0. The maximum absolute atomic E-state index is 10.4. The molecule has 0 bridgehead atoms. The van der Waals surface area contributed by atoms with Crippen molar-refractivity contribution in [3.05, 3.63) is 0 Å². The molecule has 0 spiro atoms. The molecule has 0 heterocycles. The molecule has 9 heavy (non-hydrogen) atoms. The SMILES string of the molecule is CC(C)OP(C)(=O)O.[Co]. The standard InChI is InChI=1S/C4H11O3P.Co/c1-4(2)7-8(3,5)6;/h4H,1-3H3,(H,5,6);. The second kappa shape index (κ2) is 4.47. The molecule has 0 saturated heterocycles. The van der Waals surface area contributed by atoms with Gasteiger partial charge in [0.05, 0.1) is 6.10 Å². The van der Waals surface area contributed by atoms with Gasteiger partial charge in [-0.05, 0) is 13.8 Å². The van der Waals surface area contributed by atoms with Crippen molar-refractivity contribution in [1.82, 2.24) is 0 Å². The van der Waals surface area contributed by atoms with Gasteiger partial charge in [0.2, 0.25) is 0 Å². The third kappa shape index (κ3) is 12.0. The van der Waals surface area contributed by atoms with Crippen molar-refractivity contribution in [1.29, 1.82) is 0 Å². The molecule has 1 N–H and O–H groups in total. The second-order valence-electron chi connectivity index (χ2n) is 1.96. The van der Waals surface area contributed by atoms with Crippen molar-refractivity contribution in [2.75, 3.05) is 6.66 Å². The molecule has 0 aliphatic heterocycles. The molecular formula is C4H11CoO3P. The molecule has 0 fully saturated rings. The van der Waals surface area contributed by atoms with Crippen molar-refractivity contribution in [3.63, 3.8) is 0 Å². The number of hydrogen-bond acceptors (Lipinski definition) is 2. The van der Waals surface area contributed by atoms with Crippen LogP contribution < -0.4 is 0 Å². The van der Waals surface area contributed by atoms with Gasteiger partial charge in [0.25, 0.3) is 0 Å². The first-order valence-corrected chi connectivity index (χ1v) is 4.43. The second-order valence-corrected chi connectivity index (χ2v) is 3.77. The maximum atomic E-state index is 10.4. The molecule has 0 amide bonds. The zero-order valence-electron chi connectivity index (χ0n) is 5.62. The average Bonchev–Trinajstić information content (AvgIpc) is 1.21. The molecule has 1 radical (unpaired) electrons. The van der Waals surface area contributed by atoms with Gasteiger partial charge in [-0.15, -0.1) is 0 Å². The monoisotopic (exact) mass is 197 g/mol. The fourth-order valence-corrected chi connectivity index (χ4v) is 1.17. The summed E-state index contributed by atoms with van der Waals surface area (Å²) in [5, 5.41) is 0. The summed E-state index contributed by atoms with van der Waals surface area (Å²) in [4.78, 5) is 8.52. The minimum absolute atomic E-state index is 0. The van der Waals surface area contributed by atoms with E-state index in [4.69, 9.17) is 4.89 Å². The van der Waals surface area contributed by atoms with Crippen molar-refractivity contribution < 1.29 is 30.8 Å². The first kappa shape index (κ1) is 12.3. The van der Waals surface area contributed by atoms with E-state index in [1.165, 1.54) is 6.66 Å². The Morgan fingerprint density at radius 2 is 1.89 bits per heavy atom. The molecule has 0 rings (SSSR count). The smallest absolute Gasteiger partial charge is 0.324 e. The Kier molecular flexibility index (Phi) is 6.13. The maximum Gasteiger partial charge on any atom is 0.325 e. The van der Waals surface area contributed by atoms with Gasteiger partial charge in [-0.2, -0.15) is 0 Å². The largest absolute Gasteiger partial charge is 0.325 e. The third-order valence-electron chi connectivity index (χ3n) is 0.406. The van der Waals surface area contributed by atoms with Crippen LogP contribution in [-0.4, -0.2) is 17.7 Å². The van der Waals surface area contributed by atoms with Crippen molar-refractivity contribution in [2.45, 2.75) is 20.0 Å². The molecule has 0 saturated carbocycles. The van der Waals surface area contributed by atoms with E-state index in [0.717, 1.165) is 0 Å². The van der Waals surface area contributed by atoms with Gasteiger partial charge in [-0.3, -0.25) is 4.57 Å². The van der Waals surface area contributed by atoms with Crippen LogP contribution >= 0.6 is 7.60 Å². The average molecular weight is 197 g/mol. The van der Waals surface area contributed by atoms with Gasteiger partial charge in [-0.25, -0.2) is 0 Å². The zero-order valence-corrected chi connectivity index (χ0v) is 7.56. The van der Waals surface area contributed by atoms with E-state index in [0.29, 0.717) is 0 Å². The van der Waals surface area contributed by atoms with Crippen LogP contribution in [-0.2, 0) is 25.9 Å². The molecule has 0 aliphatic carbocycles. The van der Waals surface area contributed by atoms with Gasteiger partial charge in [-0.1, -0.05) is 0 Å². The molecule has 59 valence electrons.